The molecule has 23 heavy (non-hydrogen) atoms. The quantitative estimate of drug-likeness (QED) is 0.579. The molecule has 0 spiro atoms. The van der Waals surface area contributed by atoms with E-state index in [0.717, 1.165) is 0 Å². The van der Waals surface area contributed by atoms with E-state index in [4.69, 9.17) is 9.15 Å². The van der Waals surface area contributed by atoms with Crippen LogP contribution in [0, 0.1) is 17.0 Å². The molecular formula is C16H18N2O5. The Morgan fingerprint density at radius 1 is 1.39 bits per heavy atom. The van der Waals surface area contributed by atoms with Crippen LogP contribution in [0.3, 0.4) is 0 Å². The molecule has 2 aromatic rings. The number of nitrogens with zero attached hydrogens (tertiary/aromatic N) is 2. The zero-order valence-corrected chi connectivity index (χ0v) is 13.0. The standard InChI is InChI=1S/C16H18N2O5/c1-12-10-13(5-6-15(12)18(20)21)16(19)17(7-9-22-2)11-14-4-3-8-23-14/h3-6,8,10H,7,9,11H2,1-2H3. The molecule has 0 N–H and O–H groups in total. The maximum Gasteiger partial charge on any atom is 0.272 e. The number of methoxy groups -OCH3 is 1. The van der Waals surface area contributed by atoms with E-state index in [-0.39, 0.29) is 11.6 Å². The second kappa shape index (κ2) is 7.55. The van der Waals surface area contributed by atoms with E-state index in [1.807, 2.05) is 0 Å². The molecule has 0 aliphatic rings. The number of carbonyl (C=O) groups is 1. The third kappa shape index (κ3) is 4.17. The van der Waals surface area contributed by atoms with Gasteiger partial charge in [-0.2, -0.15) is 0 Å². The number of aryl methyl sites for hydroxylation is 1. The highest BCUT2D eigenvalue weighted by Crippen LogP contribution is 2.20. The summed E-state index contributed by atoms with van der Waals surface area (Å²) in [6.07, 6.45) is 1.55. The minimum Gasteiger partial charge on any atom is -0.467 e. The summed E-state index contributed by atoms with van der Waals surface area (Å²) in [5, 5.41) is 10.9. The minimum atomic E-state index is -0.463. The number of ether oxygens (including phenoxy) is 1. The van der Waals surface area contributed by atoms with Crippen LogP contribution in [-0.2, 0) is 11.3 Å². The molecule has 0 atom stereocenters. The zero-order valence-electron chi connectivity index (χ0n) is 13.0. The molecule has 0 radical (unpaired) electrons. The molecule has 122 valence electrons. The van der Waals surface area contributed by atoms with Crippen molar-refractivity contribution in [2.75, 3.05) is 20.3 Å². The average Bonchev–Trinajstić information content (AvgIpc) is 3.03. The van der Waals surface area contributed by atoms with E-state index in [9.17, 15) is 14.9 Å². The predicted molar refractivity (Wildman–Crippen MR) is 83.2 cm³/mol. The molecule has 0 bridgehead atoms. The number of amides is 1. The molecule has 0 unspecified atom stereocenters. The lowest BCUT2D eigenvalue weighted by Crippen LogP contribution is -2.33. The fraction of sp³-hybridized carbons (Fsp3) is 0.312. The van der Waals surface area contributed by atoms with Crippen LogP contribution in [-0.4, -0.2) is 36.0 Å². The van der Waals surface area contributed by atoms with Crippen LogP contribution in [0.25, 0.3) is 0 Å². The van der Waals surface area contributed by atoms with E-state index >= 15 is 0 Å². The summed E-state index contributed by atoms with van der Waals surface area (Å²) < 4.78 is 10.3. The molecule has 1 heterocycles. The van der Waals surface area contributed by atoms with E-state index in [0.29, 0.717) is 36.6 Å². The van der Waals surface area contributed by atoms with E-state index in [1.54, 1.807) is 37.3 Å². The SMILES string of the molecule is COCCN(Cc1ccco1)C(=O)c1ccc([N+](=O)[O-])c(C)c1. The number of hydrogen-bond acceptors (Lipinski definition) is 5. The van der Waals surface area contributed by atoms with Crippen LogP contribution in [0.1, 0.15) is 21.7 Å². The van der Waals surface area contributed by atoms with Gasteiger partial charge < -0.3 is 14.1 Å². The lowest BCUT2D eigenvalue weighted by molar-refractivity contribution is -0.385. The molecule has 0 aliphatic heterocycles. The number of furan rings is 1. The number of nitro groups is 1. The third-order valence-corrected chi connectivity index (χ3v) is 3.42. The van der Waals surface area contributed by atoms with Gasteiger partial charge in [0.05, 0.1) is 24.3 Å². The molecule has 1 aromatic heterocycles. The van der Waals surface area contributed by atoms with Crippen molar-refractivity contribution in [3.63, 3.8) is 0 Å². The maximum atomic E-state index is 12.7. The van der Waals surface area contributed by atoms with Gasteiger partial charge in [-0.15, -0.1) is 0 Å². The Balaban J connectivity index is 2.22. The Kier molecular flexibility index (Phi) is 5.48. The Bertz CT molecular complexity index is 682. The van der Waals surface area contributed by atoms with Gasteiger partial charge in [0.2, 0.25) is 0 Å². The molecule has 0 fully saturated rings. The number of nitro benzene ring substituents is 1. The van der Waals surface area contributed by atoms with Crippen molar-refractivity contribution >= 4 is 11.6 Å². The van der Waals surface area contributed by atoms with E-state index in [1.165, 1.54) is 18.2 Å². The minimum absolute atomic E-state index is 0.00368. The van der Waals surface area contributed by atoms with Crippen molar-refractivity contribution in [1.82, 2.24) is 4.90 Å². The first-order chi connectivity index (χ1) is 11.0. The van der Waals surface area contributed by atoms with Crippen molar-refractivity contribution < 1.29 is 18.9 Å². The first-order valence-electron chi connectivity index (χ1n) is 7.08. The first-order valence-corrected chi connectivity index (χ1v) is 7.08. The molecule has 0 aliphatic carbocycles. The second-order valence-electron chi connectivity index (χ2n) is 5.06. The molecule has 2 rings (SSSR count). The summed E-state index contributed by atoms with van der Waals surface area (Å²) >= 11 is 0. The first kappa shape index (κ1) is 16.7. The molecular weight excluding hydrogens is 300 g/mol. The summed E-state index contributed by atoms with van der Waals surface area (Å²) in [7, 11) is 1.56. The lowest BCUT2D eigenvalue weighted by atomic mass is 10.1. The van der Waals surface area contributed by atoms with Gasteiger partial charge >= 0.3 is 0 Å². The van der Waals surface area contributed by atoms with Gasteiger partial charge in [-0.25, -0.2) is 0 Å². The summed E-state index contributed by atoms with van der Waals surface area (Å²) in [4.78, 5) is 24.7. The highest BCUT2D eigenvalue weighted by molar-refractivity contribution is 5.94. The fourth-order valence-electron chi connectivity index (χ4n) is 2.22. The van der Waals surface area contributed by atoms with Crippen LogP contribution in [0.5, 0.6) is 0 Å². The van der Waals surface area contributed by atoms with Gasteiger partial charge in [0.25, 0.3) is 11.6 Å². The highest BCUT2D eigenvalue weighted by atomic mass is 16.6. The lowest BCUT2D eigenvalue weighted by Gasteiger charge is -2.21. The van der Waals surface area contributed by atoms with Gasteiger partial charge in [-0.05, 0) is 31.2 Å². The van der Waals surface area contributed by atoms with Crippen LogP contribution in [0.2, 0.25) is 0 Å². The van der Waals surface area contributed by atoms with Crippen molar-refractivity contribution in [1.29, 1.82) is 0 Å². The number of hydrogen-bond donors (Lipinski definition) is 0. The van der Waals surface area contributed by atoms with Crippen molar-refractivity contribution in [2.45, 2.75) is 13.5 Å². The normalized spacial score (nSPS) is 10.5. The zero-order chi connectivity index (χ0) is 16.8. The third-order valence-electron chi connectivity index (χ3n) is 3.42. The second-order valence-corrected chi connectivity index (χ2v) is 5.06. The van der Waals surface area contributed by atoms with Gasteiger partial charge in [-0.1, -0.05) is 0 Å². The molecule has 0 saturated heterocycles. The molecule has 1 aromatic carbocycles. The van der Waals surface area contributed by atoms with Crippen molar-refractivity contribution in [3.8, 4) is 0 Å². The topological polar surface area (TPSA) is 85.8 Å². The molecule has 1 amide bonds. The van der Waals surface area contributed by atoms with E-state index in [2.05, 4.69) is 0 Å². The van der Waals surface area contributed by atoms with Crippen LogP contribution >= 0.6 is 0 Å². The van der Waals surface area contributed by atoms with Gasteiger partial charge in [0.15, 0.2) is 0 Å². The Labute approximate surface area is 133 Å². The molecule has 7 nitrogen and oxygen atoms in total. The summed E-state index contributed by atoms with van der Waals surface area (Å²) in [5.41, 5.74) is 0.845. The highest BCUT2D eigenvalue weighted by Gasteiger charge is 2.19. The summed E-state index contributed by atoms with van der Waals surface area (Å²) in [6, 6.07) is 7.89. The smallest absolute Gasteiger partial charge is 0.272 e. The van der Waals surface area contributed by atoms with Crippen LogP contribution in [0.15, 0.2) is 41.0 Å². The molecule has 0 saturated carbocycles. The van der Waals surface area contributed by atoms with Crippen molar-refractivity contribution in [2.24, 2.45) is 0 Å². The molecule has 7 heteroatoms. The van der Waals surface area contributed by atoms with E-state index < -0.39 is 4.92 Å². The van der Waals surface area contributed by atoms with Gasteiger partial charge in [0.1, 0.15) is 5.76 Å². The summed E-state index contributed by atoms with van der Waals surface area (Å²) in [5.74, 6) is 0.435. The van der Waals surface area contributed by atoms with Gasteiger partial charge in [0, 0.05) is 30.8 Å². The number of benzene rings is 1. The van der Waals surface area contributed by atoms with Crippen molar-refractivity contribution in [3.05, 3.63) is 63.6 Å². The monoisotopic (exact) mass is 318 g/mol. The largest absolute Gasteiger partial charge is 0.467 e. The number of carbonyl (C=O) groups excluding carboxylic acids is 1. The van der Waals surface area contributed by atoms with Crippen LogP contribution in [0.4, 0.5) is 5.69 Å². The Morgan fingerprint density at radius 3 is 2.74 bits per heavy atom. The average molecular weight is 318 g/mol. The Hall–Kier alpha value is -2.67. The number of rotatable bonds is 7. The van der Waals surface area contributed by atoms with Gasteiger partial charge in [-0.3, -0.25) is 14.9 Å². The Morgan fingerprint density at radius 2 is 2.17 bits per heavy atom. The maximum absolute atomic E-state index is 12.7. The summed E-state index contributed by atoms with van der Waals surface area (Å²) in [6.45, 7) is 2.71. The fourth-order valence-corrected chi connectivity index (χ4v) is 2.22. The predicted octanol–water partition coefficient (Wildman–Crippen LogP) is 2.79. The van der Waals surface area contributed by atoms with Crippen LogP contribution < -0.4 is 0 Å².